The summed E-state index contributed by atoms with van der Waals surface area (Å²) in [5, 5.41) is 5.60. The normalized spacial score (nSPS) is 13.1. The molecule has 0 N–H and O–H groups in total. The van der Waals surface area contributed by atoms with Crippen LogP contribution in [0.5, 0.6) is 0 Å². The Morgan fingerprint density at radius 2 is 2.16 bits per heavy atom. The summed E-state index contributed by atoms with van der Waals surface area (Å²) in [6.07, 6.45) is 3.64. The van der Waals surface area contributed by atoms with E-state index in [9.17, 15) is 0 Å². The highest BCUT2D eigenvalue weighted by molar-refractivity contribution is 7.20. The minimum absolute atomic E-state index is 0.801. The molecule has 19 heavy (non-hydrogen) atoms. The standard InChI is InChI=1S/C13H8N5S/c1-3-8-9(14-5-1)7-17-11-13(19-12(8)17)18-10(16-11)4-2-6-15-18/h1-6H,7H2/q+1. The van der Waals surface area contributed by atoms with Crippen LogP contribution in [0.25, 0.3) is 26.7 Å². The quantitative estimate of drug-likeness (QED) is 0.400. The Balaban J connectivity index is 1.93. The van der Waals surface area contributed by atoms with Gasteiger partial charge in [-0.3, -0.25) is 4.98 Å². The molecule has 0 aliphatic carbocycles. The topological polar surface area (TPSA) is 47.0 Å². The van der Waals surface area contributed by atoms with Gasteiger partial charge < -0.3 is 0 Å². The first kappa shape index (κ1) is 9.57. The molecule has 6 heteroatoms. The monoisotopic (exact) mass is 266 g/mol. The molecule has 90 valence electrons. The van der Waals surface area contributed by atoms with Crippen molar-refractivity contribution < 1.29 is 4.57 Å². The largest absolute Gasteiger partial charge is 0.363 e. The van der Waals surface area contributed by atoms with Crippen molar-refractivity contribution in [2.75, 3.05) is 0 Å². The zero-order valence-corrected chi connectivity index (χ0v) is 10.6. The van der Waals surface area contributed by atoms with Gasteiger partial charge in [-0.15, -0.1) is 0 Å². The Bertz CT molecular complexity index is 952. The third-order valence-corrected chi connectivity index (χ3v) is 4.64. The molecular formula is C13H8N5S+. The third-order valence-electron chi connectivity index (χ3n) is 3.46. The number of imidazole rings is 1. The molecule has 5 heterocycles. The van der Waals surface area contributed by atoms with Gasteiger partial charge in [-0.1, -0.05) is 11.3 Å². The fraction of sp³-hybridized carbons (Fsp3) is 0.0769. The summed E-state index contributed by atoms with van der Waals surface area (Å²) < 4.78 is 4.13. The number of rotatable bonds is 0. The van der Waals surface area contributed by atoms with Crippen LogP contribution in [0.1, 0.15) is 5.69 Å². The van der Waals surface area contributed by atoms with Crippen molar-refractivity contribution in [1.82, 2.24) is 19.6 Å². The highest BCUT2D eigenvalue weighted by Gasteiger charge is 2.32. The van der Waals surface area contributed by atoms with E-state index >= 15 is 0 Å². The van der Waals surface area contributed by atoms with E-state index in [2.05, 4.69) is 25.7 Å². The van der Waals surface area contributed by atoms with Gasteiger partial charge in [0.2, 0.25) is 4.83 Å². The van der Waals surface area contributed by atoms with Crippen LogP contribution in [-0.2, 0) is 6.54 Å². The van der Waals surface area contributed by atoms with E-state index in [1.165, 1.54) is 10.6 Å². The van der Waals surface area contributed by atoms with Crippen LogP contribution < -0.4 is 4.57 Å². The summed E-state index contributed by atoms with van der Waals surface area (Å²) in [7, 11) is 0. The molecule has 0 saturated heterocycles. The fourth-order valence-electron chi connectivity index (χ4n) is 2.62. The second-order valence-corrected chi connectivity index (χ2v) is 5.50. The summed E-state index contributed by atoms with van der Waals surface area (Å²) in [6.45, 7) is 0.801. The predicted octanol–water partition coefficient (Wildman–Crippen LogP) is 1.66. The maximum Gasteiger partial charge on any atom is 0.363 e. The highest BCUT2D eigenvalue weighted by atomic mass is 32.1. The Kier molecular flexibility index (Phi) is 1.59. The number of hydrogen-bond acceptors (Lipinski definition) is 4. The Labute approximate surface area is 111 Å². The molecule has 0 aromatic carbocycles. The number of hydrogen-bond donors (Lipinski definition) is 0. The summed E-state index contributed by atoms with van der Waals surface area (Å²) >= 11 is 1.73. The van der Waals surface area contributed by atoms with Crippen molar-refractivity contribution >= 4 is 27.5 Å². The number of fused-ring (bicyclic) bond motifs is 7. The lowest BCUT2D eigenvalue weighted by Crippen LogP contribution is -2.30. The SMILES string of the molecule is c1cnc2c(c1)-c1sc3c(nc4cccnn43)[n+]1C2. The van der Waals surface area contributed by atoms with Crippen molar-refractivity contribution in [2.45, 2.75) is 6.54 Å². The smallest absolute Gasteiger partial charge is 0.256 e. The van der Waals surface area contributed by atoms with Gasteiger partial charge in [0.25, 0.3) is 5.65 Å². The summed E-state index contributed by atoms with van der Waals surface area (Å²) in [5.41, 5.74) is 4.23. The number of aromatic nitrogens is 5. The average molecular weight is 266 g/mol. The molecule has 5 nitrogen and oxygen atoms in total. The molecule has 1 aliphatic heterocycles. The second kappa shape index (κ2) is 3.16. The molecule has 0 atom stereocenters. The highest BCUT2D eigenvalue weighted by Crippen LogP contribution is 2.34. The Morgan fingerprint density at radius 1 is 1.21 bits per heavy atom. The van der Waals surface area contributed by atoms with E-state index in [1.807, 2.05) is 28.9 Å². The minimum Gasteiger partial charge on any atom is -0.256 e. The van der Waals surface area contributed by atoms with E-state index in [0.717, 1.165) is 28.4 Å². The molecule has 0 amide bonds. The van der Waals surface area contributed by atoms with Crippen LogP contribution in [0.4, 0.5) is 0 Å². The van der Waals surface area contributed by atoms with E-state index < -0.39 is 0 Å². The number of pyridine rings is 1. The first-order chi connectivity index (χ1) is 9.42. The molecule has 5 rings (SSSR count). The molecule has 1 aliphatic rings. The lowest BCUT2D eigenvalue weighted by molar-refractivity contribution is -0.644. The van der Waals surface area contributed by atoms with E-state index in [-0.39, 0.29) is 0 Å². The number of thiazole rings is 1. The van der Waals surface area contributed by atoms with Crippen LogP contribution in [0.15, 0.2) is 36.7 Å². The zero-order chi connectivity index (χ0) is 12.4. The first-order valence-corrected chi connectivity index (χ1v) is 6.84. The maximum absolute atomic E-state index is 4.68. The molecule has 0 unspecified atom stereocenters. The van der Waals surface area contributed by atoms with Crippen LogP contribution in [-0.4, -0.2) is 19.6 Å². The molecule has 0 saturated carbocycles. The van der Waals surface area contributed by atoms with Crippen molar-refractivity contribution in [1.29, 1.82) is 0 Å². The van der Waals surface area contributed by atoms with Gasteiger partial charge in [-0.25, -0.2) is 4.57 Å². The van der Waals surface area contributed by atoms with Crippen LogP contribution in [0.3, 0.4) is 0 Å². The molecule has 0 bridgehead atoms. The fourth-order valence-corrected chi connectivity index (χ4v) is 3.83. The van der Waals surface area contributed by atoms with Crippen molar-refractivity contribution in [3.8, 4) is 10.6 Å². The first-order valence-electron chi connectivity index (χ1n) is 6.02. The van der Waals surface area contributed by atoms with E-state index in [0.29, 0.717) is 0 Å². The van der Waals surface area contributed by atoms with Crippen LogP contribution >= 0.6 is 11.3 Å². The average Bonchev–Trinajstić information content (AvgIpc) is 3.07. The number of nitrogens with zero attached hydrogens (tertiary/aromatic N) is 5. The second-order valence-electron chi connectivity index (χ2n) is 4.53. The Morgan fingerprint density at radius 3 is 3.16 bits per heavy atom. The Hall–Kier alpha value is -2.34. The minimum atomic E-state index is 0.801. The van der Waals surface area contributed by atoms with Gasteiger partial charge in [-0.05, 0) is 23.2 Å². The van der Waals surface area contributed by atoms with Crippen molar-refractivity contribution in [2.24, 2.45) is 0 Å². The predicted molar refractivity (Wildman–Crippen MR) is 70.9 cm³/mol. The van der Waals surface area contributed by atoms with Gasteiger partial charge >= 0.3 is 5.65 Å². The van der Waals surface area contributed by atoms with Crippen LogP contribution in [0.2, 0.25) is 0 Å². The van der Waals surface area contributed by atoms with Gasteiger partial charge in [0.15, 0.2) is 5.01 Å². The van der Waals surface area contributed by atoms with Gasteiger partial charge in [-0.2, -0.15) is 9.61 Å². The van der Waals surface area contributed by atoms with E-state index in [1.54, 1.807) is 17.5 Å². The third kappa shape index (κ3) is 1.09. The summed E-state index contributed by atoms with van der Waals surface area (Å²) in [6, 6.07) is 7.99. The molecular weight excluding hydrogens is 258 g/mol. The molecule has 0 spiro atoms. The van der Waals surface area contributed by atoms with Crippen molar-refractivity contribution in [3.63, 3.8) is 0 Å². The summed E-state index contributed by atoms with van der Waals surface area (Å²) in [4.78, 5) is 10.2. The lowest BCUT2D eigenvalue weighted by Gasteiger charge is -1.91. The lowest BCUT2D eigenvalue weighted by atomic mass is 10.2. The van der Waals surface area contributed by atoms with Crippen molar-refractivity contribution in [3.05, 3.63) is 42.4 Å². The molecule has 4 aromatic rings. The maximum atomic E-state index is 4.68. The van der Waals surface area contributed by atoms with E-state index in [4.69, 9.17) is 0 Å². The zero-order valence-electron chi connectivity index (χ0n) is 9.82. The van der Waals surface area contributed by atoms with Gasteiger partial charge in [0, 0.05) is 18.5 Å². The van der Waals surface area contributed by atoms with Gasteiger partial charge in [0.05, 0.1) is 11.3 Å². The molecule has 0 radical (unpaired) electrons. The van der Waals surface area contributed by atoms with Crippen LogP contribution in [0, 0.1) is 0 Å². The van der Waals surface area contributed by atoms with Gasteiger partial charge in [0.1, 0.15) is 6.54 Å². The molecule has 4 aromatic heterocycles. The molecule has 0 fully saturated rings. The summed E-state index contributed by atoms with van der Waals surface area (Å²) in [5.74, 6) is 0.